The van der Waals surface area contributed by atoms with Gasteiger partial charge in [-0.3, -0.25) is 0 Å². The van der Waals surface area contributed by atoms with Crippen LogP contribution in [0.15, 0.2) is 35.9 Å². The summed E-state index contributed by atoms with van der Waals surface area (Å²) >= 11 is 0. The number of phenols is 2. The number of unbranched alkanes of at least 4 members (excludes halogenated alkanes) is 2. The Balaban J connectivity index is 0.00000151. The molecule has 0 heterocycles. The Kier molecular flexibility index (Phi) is 8.35. The van der Waals surface area contributed by atoms with Crippen molar-refractivity contribution >= 4 is 0 Å². The van der Waals surface area contributed by atoms with Gasteiger partial charge in [0.2, 0.25) is 0 Å². The molecule has 2 rings (SSSR count). The van der Waals surface area contributed by atoms with Crippen LogP contribution in [-0.4, -0.2) is 10.2 Å². The van der Waals surface area contributed by atoms with Gasteiger partial charge in [0.1, 0.15) is 11.5 Å². The van der Waals surface area contributed by atoms with E-state index < -0.39 is 0 Å². The SMILES string of the molecule is C#C.C=C(C)[C@@H]1CCC(C)=CC1c1c(O)cc(CCCCC)cc1O. The van der Waals surface area contributed by atoms with Crippen molar-refractivity contribution in [3.63, 3.8) is 0 Å². The zero-order valence-electron chi connectivity index (χ0n) is 15.9. The van der Waals surface area contributed by atoms with Gasteiger partial charge in [0.15, 0.2) is 0 Å². The summed E-state index contributed by atoms with van der Waals surface area (Å²) in [5.41, 5.74) is 4.11. The molecule has 2 atom stereocenters. The molecule has 136 valence electrons. The predicted molar refractivity (Wildman–Crippen MR) is 107 cm³/mol. The monoisotopic (exact) mass is 340 g/mol. The predicted octanol–water partition coefficient (Wildman–Crippen LogP) is 6.10. The van der Waals surface area contributed by atoms with Gasteiger partial charge in [0.25, 0.3) is 0 Å². The molecule has 0 fully saturated rings. The van der Waals surface area contributed by atoms with Gasteiger partial charge in [0, 0.05) is 11.5 Å². The highest BCUT2D eigenvalue weighted by molar-refractivity contribution is 5.51. The fourth-order valence-electron chi connectivity index (χ4n) is 3.65. The molecule has 2 nitrogen and oxygen atoms in total. The van der Waals surface area contributed by atoms with Gasteiger partial charge in [-0.15, -0.1) is 12.8 Å². The van der Waals surface area contributed by atoms with Crippen molar-refractivity contribution in [2.75, 3.05) is 0 Å². The van der Waals surface area contributed by atoms with Crippen molar-refractivity contribution in [2.45, 2.75) is 65.2 Å². The highest BCUT2D eigenvalue weighted by Gasteiger charge is 2.29. The lowest BCUT2D eigenvalue weighted by Crippen LogP contribution is -2.17. The van der Waals surface area contributed by atoms with Gasteiger partial charge in [-0.05, 0) is 63.1 Å². The number of hydrogen-bond acceptors (Lipinski definition) is 2. The molecule has 1 aliphatic rings. The van der Waals surface area contributed by atoms with E-state index in [-0.39, 0.29) is 23.3 Å². The molecule has 0 aromatic heterocycles. The lowest BCUT2D eigenvalue weighted by atomic mass is 9.73. The summed E-state index contributed by atoms with van der Waals surface area (Å²) in [7, 11) is 0. The maximum absolute atomic E-state index is 10.5. The van der Waals surface area contributed by atoms with Crippen LogP contribution in [0.5, 0.6) is 11.5 Å². The Labute approximate surface area is 153 Å². The molecular weight excluding hydrogens is 308 g/mol. The average molecular weight is 341 g/mol. The summed E-state index contributed by atoms with van der Waals surface area (Å²) < 4.78 is 0. The molecule has 0 radical (unpaired) electrons. The lowest BCUT2D eigenvalue weighted by Gasteiger charge is -2.31. The minimum absolute atomic E-state index is 0.0194. The van der Waals surface area contributed by atoms with E-state index in [1.54, 1.807) is 0 Å². The van der Waals surface area contributed by atoms with Crippen molar-refractivity contribution in [3.05, 3.63) is 47.1 Å². The van der Waals surface area contributed by atoms with Gasteiger partial charge in [-0.1, -0.05) is 43.6 Å². The van der Waals surface area contributed by atoms with Crippen LogP contribution in [0.4, 0.5) is 0 Å². The van der Waals surface area contributed by atoms with Crippen LogP contribution in [0.25, 0.3) is 0 Å². The third-order valence-corrected chi connectivity index (χ3v) is 4.98. The van der Waals surface area contributed by atoms with Gasteiger partial charge >= 0.3 is 0 Å². The quantitative estimate of drug-likeness (QED) is 0.373. The Bertz CT molecular complexity index is 614. The number of aromatic hydroxyl groups is 2. The number of rotatable bonds is 6. The molecule has 0 saturated carbocycles. The summed E-state index contributed by atoms with van der Waals surface area (Å²) in [6.07, 6.45) is 16.6. The number of terminal acetylenes is 1. The van der Waals surface area contributed by atoms with Crippen molar-refractivity contribution in [2.24, 2.45) is 5.92 Å². The molecule has 0 amide bonds. The normalized spacial score (nSPS) is 19.5. The van der Waals surface area contributed by atoms with Gasteiger partial charge < -0.3 is 10.2 Å². The third-order valence-electron chi connectivity index (χ3n) is 4.98. The summed E-state index contributed by atoms with van der Waals surface area (Å²) in [4.78, 5) is 0. The van der Waals surface area contributed by atoms with Gasteiger partial charge in [-0.25, -0.2) is 0 Å². The number of hydrogen-bond donors (Lipinski definition) is 2. The molecule has 2 N–H and O–H groups in total. The minimum atomic E-state index is 0.0194. The van der Waals surface area contributed by atoms with E-state index in [1.165, 1.54) is 18.4 Å². The number of benzene rings is 1. The molecule has 0 spiro atoms. The van der Waals surface area contributed by atoms with Crippen LogP contribution in [0.1, 0.15) is 69.9 Å². The van der Waals surface area contributed by atoms with Crippen LogP contribution < -0.4 is 0 Å². The van der Waals surface area contributed by atoms with Crippen LogP contribution in [0.2, 0.25) is 0 Å². The van der Waals surface area contributed by atoms with E-state index in [1.807, 2.05) is 19.1 Å². The van der Waals surface area contributed by atoms with E-state index in [0.717, 1.165) is 36.8 Å². The molecule has 1 aliphatic carbocycles. The second kappa shape index (κ2) is 9.99. The minimum Gasteiger partial charge on any atom is -0.507 e. The second-order valence-corrected chi connectivity index (χ2v) is 7.04. The topological polar surface area (TPSA) is 40.5 Å². The summed E-state index contributed by atoms with van der Waals surface area (Å²) in [6.45, 7) is 10.4. The number of phenolic OH excluding ortho intramolecular Hbond substituents is 2. The van der Waals surface area contributed by atoms with E-state index in [0.29, 0.717) is 5.56 Å². The van der Waals surface area contributed by atoms with E-state index in [4.69, 9.17) is 0 Å². The van der Waals surface area contributed by atoms with E-state index in [9.17, 15) is 10.2 Å². The Morgan fingerprint density at radius 1 is 1.20 bits per heavy atom. The van der Waals surface area contributed by atoms with Crippen molar-refractivity contribution in [3.8, 4) is 24.3 Å². The highest BCUT2D eigenvalue weighted by atomic mass is 16.3. The first kappa shape index (κ1) is 20.9. The molecular formula is C23H32O2. The third kappa shape index (κ3) is 5.43. The summed E-state index contributed by atoms with van der Waals surface area (Å²) in [5.74, 6) is 0.741. The first-order valence-corrected chi connectivity index (χ1v) is 9.14. The fraction of sp³-hybridized carbons (Fsp3) is 0.478. The molecule has 1 aromatic rings. The Morgan fingerprint density at radius 2 is 1.80 bits per heavy atom. The van der Waals surface area contributed by atoms with E-state index in [2.05, 4.69) is 39.3 Å². The van der Waals surface area contributed by atoms with Gasteiger partial charge in [0.05, 0.1) is 0 Å². The van der Waals surface area contributed by atoms with Crippen molar-refractivity contribution < 1.29 is 10.2 Å². The standard InChI is InChI=1S/C21H30O2.C2H2/c1-5-6-7-8-16-12-19(22)21(20(23)13-16)18-11-15(4)9-10-17(18)14(2)3;1-2/h11-13,17-18,22-23H,2,5-10H2,1,3-4H3;1-2H/t17-,18?;/m0./s1. The molecule has 0 bridgehead atoms. The number of allylic oxidation sites excluding steroid dienone is 3. The second-order valence-electron chi connectivity index (χ2n) is 7.04. The zero-order chi connectivity index (χ0) is 19.0. The van der Waals surface area contributed by atoms with Gasteiger partial charge in [-0.2, -0.15) is 0 Å². The van der Waals surface area contributed by atoms with Crippen molar-refractivity contribution in [1.82, 2.24) is 0 Å². The zero-order valence-corrected chi connectivity index (χ0v) is 15.9. The highest BCUT2D eigenvalue weighted by Crippen LogP contribution is 2.46. The van der Waals surface area contributed by atoms with Crippen LogP contribution >= 0.6 is 0 Å². The molecule has 2 heteroatoms. The lowest BCUT2D eigenvalue weighted by molar-refractivity contribution is 0.406. The van der Waals surface area contributed by atoms with E-state index >= 15 is 0 Å². The largest absolute Gasteiger partial charge is 0.507 e. The fourth-order valence-corrected chi connectivity index (χ4v) is 3.65. The first-order valence-electron chi connectivity index (χ1n) is 9.14. The van der Waals surface area contributed by atoms with Crippen molar-refractivity contribution in [1.29, 1.82) is 0 Å². The Hall–Kier alpha value is -2.14. The maximum Gasteiger partial charge on any atom is 0.123 e. The summed E-state index contributed by atoms with van der Waals surface area (Å²) in [5, 5.41) is 21.1. The van der Waals surface area contributed by atoms with Crippen LogP contribution in [0, 0.1) is 18.8 Å². The summed E-state index contributed by atoms with van der Waals surface area (Å²) in [6, 6.07) is 3.66. The van der Waals surface area contributed by atoms with Crippen LogP contribution in [-0.2, 0) is 6.42 Å². The average Bonchev–Trinajstić information content (AvgIpc) is 2.56. The molecule has 25 heavy (non-hydrogen) atoms. The molecule has 1 aromatic carbocycles. The molecule has 0 aliphatic heterocycles. The Morgan fingerprint density at radius 3 is 2.32 bits per heavy atom. The maximum atomic E-state index is 10.5. The smallest absolute Gasteiger partial charge is 0.123 e. The number of aryl methyl sites for hydroxylation is 1. The molecule has 1 unspecified atom stereocenters. The molecule has 0 saturated heterocycles. The first-order chi connectivity index (χ1) is 11.9. The van der Waals surface area contributed by atoms with Crippen LogP contribution in [0.3, 0.4) is 0 Å².